The van der Waals surface area contributed by atoms with E-state index in [1.807, 2.05) is 0 Å². The van der Waals surface area contributed by atoms with E-state index in [2.05, 4.69) is 20.9 Å². The molecule has 4 N–H and O–H groups in total. The van der Waals surface area contributed by atoms with E-state index in [-0.39, 0.29) is 18.7 Å². The average Bonchev–Trinajstić information content (AvgIpc) is 2.50. The van der Waals surface area contributed by atoms with Crippen LogP contribution in [0.3, 0.4) is 0 Å². The van der Waals surface area contributed by atoms with Crippen LogP contribution in [-0.2, 0) is 4.74 Å². The van der Waals surface area contributed by atoms with E-state index in [1.54, 1.807) is 26.8 Å². The zero-order valence-corrected chi connectivity index (χ0v) is 14.3. The van der Waals surface area contributed by atoms with Crippen LogP contribution in [0, 0.1) is 0 Å². The van der Waals surface area contributed by atoms with E-state index in [0.29, 0.717) is 11.1 Å². The Kier molecular flexibility index (Phi) is 7.39. The molecule has 0 aliphatic heterocycles. The van der Waals surface area contributed by atoms with E-state index in [1.165, 1.54) is 12.1 Å². The molecule has 0 fully saturated rings. The van der Waals surface area contributed by atoms with Crippen LogP contribution in [0.25, 0.3) is 0 Å². The Morgan fingerprint density at radius 2 is 1.56 bits per heavy atom. The van der Waals surface area contributed by atoms with Gasteiger partial charge in [0.2, 0.25) is 0 Å². The van der Waals surface area contributed by atoms with Gasteiger partial charge >= 0.3 is 6.09 Å². The largest absolute Gasteiger partial charge is 0.444 e. The molecule has 0 saturated carbocycles. The van der Waals surface area contributed by atoms with Crippen LogP contribution in [-0.4, -0.2) is 53.5 Å². The number of amides is 2. The first-order valence-corrected chi connectivity index (χ1v) is 7.50. The van der Waals surface area contributed by atoms with Crippen LogP contribution in [0.1, 0.15) is 42.3 Å². The highest BCUT2D eigenvalue weighted by Crippen LogP contribution is 2.08. The molecule has 25 heavy (non-hydrogen) atoms. The zero-order chi connectivity index (χ0) is 18.9. The van der Waals surface area contributed by atoms with E-state index >= 15 is 0 Å². The summed E-state index contributed by atoms with van der Waals surface area (Å²) in [5.41, 5.74) is 0.602. The fourth-order valence-corrected chi connectivity index (χ4v) is 1.85. The number of benzene rings is 1. The first-order chi connectivity index (χ1) is 11.7. The van der Waals surface area contributed by atoms with Crippen molar-refractivity contribution in [3.63, 3.8) is 0 Å². The summed E-state index contributed by atoms with van der Waals surface area (Å²) in [6.45, 7) is 5.65. The molecule has 0 aliphatic carbocycles. The van der Waals surface area contributed by atoms with Gasteiger partial charge in [0.1, 0.15) is 5.60 Å². The molecule has 0 bridgehead atoms. The van der Waals surface area contributed by atoms with Gasteiger partial charge in [-0.1, -0.05) is 10.3 Å². The Labute approximate surface area is 145 Å². The van der Waals surface area contributed by atoms with Gasteiger partial charge in [0.25, 0.3) is 5.91 Å². The lowest BCUT2D eigenvalue weighted by molar-refractivity contribution is 0.0526. The van der Waals surface area contributed by atoms with Crippen molar-refractivity contribution in [3.05, 3.63) is 34.9 Å². The molecule has 136 valence electrons. The monoisotopic (exact) mass is 350 g/mol. The van der Waals surface area contributed by atoms with Gasteiger partial charge < -0.3 is 25.8 Å². The SMILES string of the molecule is CC(C)(C)OC(=O)NCCNC(=O)c1cc(C=NO)cc(C=NO)c1. The number of carbonyl (C=O) groups excluding carboxylic acids is 2. The smallest absolute Gasteiger partial charge is 0.407 e. The first kappa shape index (κ1) is 19.9. The summed E-state index contributed by atoms with van der Waals surface area (Å²) in [6.07, 6.45) is 1.73. The number of hydrogen-bond acceptors (Lipinski definition) is 7. The maximum Gasteiger partial charge on any atom is 0.407 e. The van der Waals surface area contributed by atoms with Gasteiger partial charge in [-0.25, -0.2) is 4.79 Å². The number of nitrogens with one attached hydrogen (secondary N) is 2. The summed E-state index contributed by atoms with van der Waals surface area (Å²) in [5, 5.41) is 28.2. The fourth-order valence-electron chi connectivity index (χ4n) is 1.85. The lowest BCUT2D eigenvalue weighted by Gasteiger charge is -2.19. The summed E-state index contributed by atoms with van der Waals surface area (Å²) in [5.74, 6) is -0.397. The molecule has 2 amide bonds. The second-order valence-electron chi connectivity index (χ2n) is 6.06. The third-order valence-corrected chi connectivity index (χ3v) is 2.73. The fraction of sp³-hybridized carbons (Fsp3) is 0.375. The molecular formula is C16H22N4O5. The maximum absolute atomic E-state index is 12.2. The summed E-state index contributed by atoms with van der Waals surface area (Å²) in [7, 11) is 0. The zero-order valence-electron chi connectivity index (χ0n) is 14.3. The van der Waals surface area contributed by atoms with Gasteiger partial charge in [0, 0.05) is 18.7 Å². The minimum Gasteiger partial charge on any atom is -0.444 e. The third-order valence-electron chi connectivity index (χ3n) is 2.73. The van der Waals surface area contributed by atoms with Crippen molar-refractivity contribution >= 4 is 24.4 Å². The van der Waals surface area contributed by atoms with Crippen LogP contribution in [0.5, 0.6) is 0 Å². The van der Waals surface area contributed by atoms with Crippen LogP contribution in [0.4, 0.5) is 4.79 Å². The van der Waals surface area contributed by atoms with Crippen molar-refractivity contribution in [2.24, 2.45) is 10.3 Å². The molecule has 9 heteroatoms. The molecule has 1 aromatic carbocycles. The lowest BCUT2D eigenvalue weighted by Crippen LogP contribution is -2.37. The summed E-state index contributed by atoms with van der Waals surface area (Å²) in [6, 6.07) is 4.58. The number of alkyl carbamates (subject to hydrolysis) is 1. The summed E-state index contributed by atoms with van der Waals surface area (Å²) < 4.78 is 5.08. The van der Waals surface area contributed by atoms with Gasteiger partial charge in [-0.15, -0.1) is 0 Å². The van der Waals surface area contributed by atoms with E-state index in [0.717, 1.165) is 12.4 Å². The van der Waals surface area contributed by atoms with Gasteiger partial charge in [0.15, 0.2) is 0 Å². The average molecular weight is 350 g/mol. The molecule has 0 atom stereocenters. The molecule has 0 aliphatic rings. The Morgan fingerprint density at radius 1 is 1.04 bits per heavy atom. The highest BCUT2D eigenvalue weighted by atomic mass is 16.6. The van der Waals surface area contributed by atoms with Gasteiger partial charge in [-0.05, 0) is 50.1 Å². The molecule has 0 radical (unpaired) electrons. The van der Waals surface area contributed by atoms with Gasteiger partial charge in [-0.2, -0.15) is 0 Å². The highest BCUT2D eigenvalue weighted by Gasteiger charge is 2.15. The molecule has 9 nitrogen and oxygen atoms in total. The van der Waals surface area contributed by atoms with Gasteiger partial charge in [-0.3, -0.25) is 4.79 Å². The number of ether oxygens (including phenoxy) is 1. The number of rotatable bonds is 6. The predicted octanol–water partition coefficient (Wildman–Crippen LogP) is 1.56. The second-order valence-corrected chi connectivity index (χ2v) is 6.06. The van der Waals surface area contributed by atoms with Crippen molar-refractivity contribution in [1.29, 1.82) is 0 Å². The molecule has 0 unspecified atom stereocenters. The maximum atomic E-state index is 12.2. The molecule has 1 aromatic rings. The summed E-state index contributed by atoms with van der Waals surface area (Å²) in [4.78, 5) is 23.6. The van der Waals surface area contributed by atoms with Crippen molar-refractivity contribution in [2.75, 3.05) is 13.1 Å². The topological polar surface area (TPSA) is 133 Å². The second kappa shape index (κ2) is 9.26. The Hall–Kier alpha value is -3.10. The summed E-state index contributed by atoms with van der Waals surface area (Å²) >= 11 is 0. The van der Waals surface area contributed by atoms with Crippen LogP contribution < -0.4 is 10.6 Å². The highest BCUT2D eigenvalue weighted by molar-refractivity contribution is 5.98. The minimum absolute atomic E-state index is 0.194. The lowest BCUT2D eigenvalue weighted by atomic mass is 10.1. The molecular weight excluding hydrogens is 328 g/mol. The van der Waals surface area contributed by atoms with Gasteiger partial charge in [0.05, 0.1) is 12.4 Å². The quantitative estimate of drug-likeness (QED) is 0.267. The molecule has 0 spiro atoms. The third kappa shape index (κ3) is 7.82. The van der Waals surface area contributed by atoms with Crippen LogP contribution in [0.15, 0.2) is 28.5 Å². The van der Waals surface area contributed by atoms with Crippen LogP contribution >= 0.6 is 0 Å². The Balaban J connectivity index is 2.61. The standard InChI is InChI=1S/C16H22N4O5/c1-16(2,3)25-15(22)18-5-4-17-14(21)13-7-11(9-19-23)6-12(8-13)10-20-24/h6-10,23-24H,4-5H2,1-3H3,(H,17,21)(H,18,22). The number of oxime groups is 2. The van der Waals surface area contributed by atoms with Crippen molar-refractivity contribution in [1.82, 2.24) is 10.6 Å². The Morgan fingerprint density at radius 3 is 2.04 bits per heavy atom. The molecule has 0 heterocycles. The minimum atomic E-state index is -0.591. The molecule has 1 rings (SSSR count). The van der Waals surface area contributed by atoms with E-state index in [4.69, 9.17) is 15.2 Å². The van der Waals surface area contributed by atoms with Crippen molar-refractivity contribution < 1.29 is 24.7 Å². The number of hydrogen-bond donors (Lipinski definition) is 4. The first-order valence-electron chi connectivity index (χ1n) is 7.50. The molecule has 0 saturated heterocycles. The number of nitrogens with zero attached hydrogens (tertiary/aromatic N) is 2. The number of carbonyl (C=O) groups is 2. The van der Waals surface area contributed by atoms with Crippen molar-refractivity contribution in [2.45, 2.75) is 26.4 Å². The van der Waals surface area contributed by atoms with Crippen molar-refractivity contribution in [3.8, 4) is 0 Å². The van der Waals surface area contributed by atoms with Crippen LogP contribution in [0.2, 0.25) is 0 Å². The Bertz CT molecular complexity index is 635. The normalized spacial score (nSPS) is 11.6. The molecule has 0 aromatic heterocycles. The van der Waals surface area contributed by atoms with E-state index < -0.39 is 17.6 Å². The predicted molar refractivity (Wildman–Crippen MR) is 91.8 cm³/mol. The van der Waals surface area contributed by atoms with E-state index in [9.17, 15) is 9.59 Å².